The topological polar surface area (TPSA) is 76.8 Å². The summed E-state index contributed by atoms with van der Waals surface area (Å²) in [4.78, 5) is 14.4. The van der Waals surface area contributed by atoms with Gasteiger partial charge < -0.3 is 25.4 Å². The zero-order valence-corrected chi connectivity index (χ0v) is 18.1. The van der Waals surface area contributed by atoms with Crippen molar-refractivity contribution in [3.05, 3.63) is 88.9 Å². The molecule has 0 bridgehead atoms. The lowest BCUT2D eigenvalue weighted by Gasteiger charge is -2.23. The standard InChI is InChI=1S/C24H26ClN3O3/c1-30-23-15-19(11-12-22(23)31-17-18-7-3-2-4-8-18)16-28(14-13-26)24(29)27-21-10-6-5-9-20(21)25/h2-12,15H,13-14,16-17,26H2,1H3,(H,27,29). The third-order valence-electron chi connectivity index (χ3n) is 4.64. The molecular weight excluding hydrogens is 414 g/mol. The summed E-state index contributed by atoms with van der Waals surface area (Å²) in [5.74, 6) is 1.24. The highest BCUT2D eigenvalue weighted by molar-refractivity contribution is 6.33. The van der Waals surface area contributed by atoms with Gasteiger partial charge >= 0.3 is 6.03 Å². The van der Waals surface area contributed by atoms with E-state index in [0.29, 0.717) is 48.5 Å². The van der Waals surface area contributed by atoms with Gasteiger partial charge in [-0.2, -0.15) is 0 Å². The second-order valence-electron chi connectivity index (χ2n) is 6.88. The number of nitrogens with one attached hydrogen (secondary N) is 1. The molecule has 0 spiro atoms. The summed E-state index contributed by atoms with van der Waals surface area (Å²) in [6, 6.07) is 22.4. The van der Waals surface area contributed by atoms with Gasteiger partial charge in [-0.15, -0.1) is 0 Å². The minimum absolute atomic E-state index is 0.276. The molecule has 162 valence electrons. The van der Waals surface area contributed by atoms with Gasteiger partial charge in [0, 0.05) is 19.6 Å². The number of benzene rings is 3. The normalized spacial score (nSPS) is 10.4. The maximum Gasteiger partial charge on any atom is 0.322 e. The number of carbonyl (C=O) groups is 1. The van der Waals surface area contributed by atoms with E-state index in [9.17, 15) is 4.79 Å². The number of carbonyl (C=O) groups excluding carboxylic acids is 1. The van der Waals surface area contributed by atoms with Gasteiger partial charge in [0.1, 0.15) is 6.61 Å². The van der Waals surface area contributed by atoms with E-state index in [4.69, 9.17) is 26.8 Å². The van der Waals surface area contributed by atoms with Gasteiger partial charge in [0.15, 0.2) is 11.5 Å². The zero-order chi connectivity index (χ0) is 22.1. The predicted octanol–water partition coefficient (Wildman–Crippen LogP) is 4.92. The van der Waals surface area contributed by atoms with Crippen LogP contribution in [0.2, 0.25) is 5.02 Å². The van der Waals surface area contributed by atoms with E-state index < -0.39 is 0 Å². The molecule has 7 heteroatoms. The van der Waals surface area contributed by atoms with Crippen LogP contribution < -0.4 is 20.5 Å². The van der Waals surface area contributed by atoms with Gasteiger partial charge in [0.05, 0.1) is 17.8 Å². The molecule has 0 saturated heterocycles. The monoisotopic (exact) mass is 439 g/mol. The number of amides is 2. The molecule has 0 aliphatic heterocycles. The van der Waals surface area contributed by atoms with Crippen molar-refractivity contribution in [1.29, 1.82) is 0 Å². The molecule has 0 aliphatic rings. The lowest BCUT2D eigenvalue weighted by atomic mass is 10.2. The number of urea groups is 1. The molecule has 0 aliphatic carbocycles. The number of ether oxygens (including phenoxy) is 2. The molecule has 2 amide bonds. The second-order valence-corrected chi connectivity index (χ2v) is 7.29. The Morgan fingerprint density at radius 3 is 2.45 bits per heavy atom. The van der Waals surface area contributed by atoms with Crippen LogP contribution in [0.3, 0.4) is 0 Å². The molecule has 0 aromatic heterocycles. The Bertz CT molecular complexity index is 998. The number of anilines is 1. The highest BCUT2D eigenvalue weighted by Gasteiger charge is 2.16. The molecular formula is C24H26ClN3O3. The van der Waals surface area contributed by atoms with Crippen LogP contribution in [0.25, 0.3) is 0 Å². The number of nitrogens with two attached hydrogens (primary N) is 1. The summed E-state index contributed by atoms with van der Waals surface area (Å²) >= 11 is 6.15. The van der Waals surface area contributed by atoms with Crippen LogP contribution in [0.4, 0.5) is 10.5 Å². The van der Waals surface area contributed by atoms with Gasteiger partial charge in [-0.05, 0) is 35.4 Å². The van der Waals surface area contributed by atoms with Crippen molar-refractivity contribution in [3.8, 4) is 11.5 Å². The van der Waals surface area contributed by atoms with Crippen LogP contribution >= 0.6 is 11.6 Å². The molecule has 31 heavy (non-hydrogen) atoms. The van der Waals surface area contributed by atoms with E-state index in [1.54, 1.807) is 24.1 Å². The van der Waals surface area contributed by atoms with E-state index in [0.717, 1.165) is 11.1 Å². The quantitative estimate of drug-likeness (QED) is 0.496. The summed E-state index contributed by atoms with van der Waals surface area (Å²) in [5.41, 5.74) is 8.24. The van der Waals surface area contributed by atoms with E-state index >= 15 is 0 Å². The van der Waals surface area contributed by atoms with Crippen molar-refractivity contribution in [2.75, 3.05) is 25.5 Å². The van der Waals surface area contributed by atoms with Crippen molar-refractivity contribution < 1.29 is 14.3 Å². The highest BCUT2D eigenvalue weighted by atomic mass is 35.5. The molecule has 3 N–H and O–H groups in total. The Morgan fingerprint density at radius 2 is 1.74 bits per heavy atom. The zero-order valence-electron chi connectivity index (χ0n) is 17.4. The number of rotatable bonds is 9. The minimum Gasteiger partial charge on any atom is -0.493 e. The largest absolute Gasteiger partial charge is 0.493 e. The van der Waals surface area contributed by atoms with Crippen LogP contribution in [0.15, 0.2) is 72.8 Å². The molecule has 3 aromatic rings. The Labute approximate surface area is 187 Å². The van der Waals surface area contributed by atoms with Gasteiger partial charge in [0.25, 0.3) is 0 Å². The van der Waals surface area contributed by atoms with E-state index in [-0.39, 0.29) is 6.03 Å². The maximum atomic E-state index is 12.8. The third-order valence-corrected chi connectivity index (χ3v) is 4.97. The van der Waals surface area contributed by atoms with E-state index in [2.05, 4.69) is 5.32 Å². The van der Waals surface area contributed by atoms with Crippen LogP contribution in [-0.4, -0.2) is 31.1 Å². The summed E-state index contributed by atoms with van der Waals surface area (Å²) in [7, 11) is 1.59. The molecule has 0 unspecified atom stereocenters. The number of hydrogen-bond donors (Lipinski definition) is 2. The number of nitrogens with zero attached hydrogens (tertiary/aromatic N) is 1. The van der Waals surface area contributed by atoms with E-state index in [1.165, 1.54) is 0 Å². The van der Waals surface area contributed by atoms with Crippen LogP contribution in [0.5, 0.6) is 11.5 Å². The number of methoxy groups -OCH3 is 1. The smallest absolute Gasteiger partial charge is 0.322 e. The molecule has 0 radical (unpaired) electrons. The van der Waals surface area contributed by atoms with E-state index in [1.807, 2.05) is 60.7 Å². The highest BCUT2D eigenvalue weighted by Crippen LogP contribution is 2.29. The fourth-order valence-corrected chi connectivity index (χ4v) is 3.23. The molecule has 0 heterocycles. The number of para-hydroxylation sites is 1. The molecule has 0 fully saturated rings. The number of hydrogen-bond acceptors (Lipinski definition) is 4. The third kappa shape index (κ3) is 6.38. The molecule has 3 aromatic carbocycles. The Hall–Kier alpha value is -3.22. The fraction of sp³-hybridized carbons (Fsp3) is 0.208. The maximum absolute atomic E-state index is 12.8. The van der Waals surface area contributed by atoms with Gasteiger partial charge in [-0.25, -0.2) is 4.79 Å². The summed E-state index contributed by atoms with van der Waals surface area (Å²) < 4.78 is 11.4. The first-order valence-corrected chi connectivity index (χ1v) is 10.3. The Morgan fingerprint density at radius 1 is 1.00 bits per heavy atom. The minimum atomic E-state index is -0.276. The van der Waals surface area contributed by atoms with Gasteiger partial charge in [-0.1, -0.05) is 60.1 Å². The predicted molar refractivity (Wildman–Crippen MR) is 124 cm³/mol. The first-order chi connectivity index (χ1) is 15.1. The van der Waals surface area contributed by atoms with Crippen LogP contribution in [0, 0.1) is 0 Å². The Balaban J connectivity index is 1.69. The molecule has 0 atom stereocenters. The fourth-order valence-electron chi connectivity index (χ4n) is 3.05. The van der Waals surface area contributed by atoms with Crippen molar-refractivity contribution in [1.82, 2.24) is 4.90 Å². The van der Waals surface area contributed by atoms with Gasteiger partial charge in [0.2, 0.25) is 0 Å². The average Bonchev–Trinajstić information content (AvgIpc) is 2.80. The lowest BCUT2D eigenvalue weighted by Crippen LogP contribution is -2.38. The molecule has 0 saturated carbocycles. The SMILES string of the molecule is COc1cc(CN(CCN)C(=O)Nc2ccccc2Cl)ccc1OCc1ccccc1. The average molecular weight is 440 g/mol. The van der Waals surface area contributed by atoms with Crippen molar-refractivity contribution in [2.45, 2.75) is 13.2 Å². The Kier molecular flexibility index (Phi) is 8.15. The second kappa shape index (κ2) is 11.2. The molecule has 3 rings (SSSR count). The van der Waals surface area contributed by atoms with Gasteiger partial charge in [-0.3, -0.25) is 0 Å². The summed E-state index contributed by atoms with van der Waals surface area (Å²) in [6.45, 7) is 1.54. The van der Waals surface area contributed by atoms with Crippen LogP contribution in [-0.2, 0) is 13.2 Å². The van der Waals surface area contributed by atoms with Crippen molar-refractivity contribution >= 4 is 23.3 Å². The lowest BCUT2D eigenvalue weighted by molar-refractivity contribution is 0.210. The first-order valence-electron chi connectivity index (χ1n) is 9.95. The van der Waals surface area contributed by atoms with Crippen molar-refractivity contribution in [2.24, 2.45) is 5.73 Å². The van der Waals surface area contributed by atoms with Crippen molar-refractivity contribution in [3.63, 3.8) is 0 Å². The summed E-state index contributed by atoms with van der Waals surface area (Å²) in [5, 5.41) is 3.31. The number of halogens is 1. The first kappa shape index (κ1) is 22.5. The summed E-state index contributed by atoms with van der Waals surface area (Å²) in [6.07, 6.45) is 0. The van der Waals surface area contributed by atoms with Crippen LogP contribution in [0.1, 0.15) is 11.1 Å². The molecule has 6 nitrogen and oxygen atoms in total.